The molecule has 2 rings (SSSR count). The van der Waals surface area contributed by atoms with Crippen LogP contribution >= 0.6 is 0 Å². The first-order chi connectivity index (χ1) is 6.24. The van der Waals surface area contributed by atoms with Gasteiger partial charge in [0.1, 0.15) is 0 Å². The van der Waals surface area contributed by atoms with Crippen LogP contribution in [0.15, 0.2) is 0 Å². The van der Waals surface area contributed by atoms with Crippen molar-refractivity contribution in [2.75, 3.05) is 6.61 Å². The zero-order chi connectivity index (χ0) is 9.42. The van der Waals surface area contributed by atoms with Gasteiger partial charge in [-0.25, -0.2) is 0 Å². The summed E-state index contributed by atoms with van der Waals surface area (Å²) in [6, 6.07) is 0. The molecule has 2 fully saturated rings. The van der Waals surface area contributed by atoms with Crippen molar-refractivity contribution in [3.63, 3.8) is 0 Å². The van der Waals surface area contributed by atoms with E-state index in [1.807, 2.05) is 0 Å². The van der Waals surface area contributed by atoms with Crippen molar-refractivity contribution in [2.45, 2.75) is 46.0 Å². The van der Waals surface area contributed by atoms with Gasteiger partial charge in [-0.15, -0.1) is 0 Å². The first-order valence-electron chi connectivity index (χ1n) is 5.51. The van der Waals surface area contributed by atoms with Crippen molar-refractivity contribution >= 4 is 0 Å². The lowest BCUT2D eigenvalue weighted by Crippen LogP contribution is -2.24. The smallest absolute Gasteiger partial charge is 0.161 e. The van der Waals surface area contributed by atoms with Gasteiger partial charge in [0, 0.05) is 5.92 Å². The minimum atomic E-state index is 0.119. The normalized spacial score (nSPS) is 46.4. The standard InChI is InChI=1S/C11H20O2/c1-4-7(2)10-8(3)13-11-9(10)5-6-12-11/h7-11H,4-6H2,1-3H3. The Labute approximate surface area is 80.6 Å². The van der Waals surface area contributed by atoms with E-state index in [4.69, 9.17) is 9.47 Å². The summed E-state index contributed by atoms with van der Waals surface area (Å²) >= 11 is 0. The third-order valence-corrected chi connectivity index (χ3v) is 3.77. The largest absolute Gasteiger partial charge is 0.352 e. The average Bonchev–Trinajstić information content (AvgIpc) is 2.62. The van der Waals surface area contributed by atoms with Crippen LogP contribution in [0.5, 0.6) is 0 Å². The van der Waals surface area contributed by atoms with Crippen molar-refractivity contribution in [3.05, 3.63) is 0 Å². The lowest BCUT2D eigenvalue weighted by atomic mass is 9.79. The van der Waals surface area contributed by atoms with Crippen LogP contribution in [0.1, 0.15) is 33.6 Å². The molecule has 0 aromatic rings. The molecule has 0 spiro atoms. The molecule has 2 heterocycles. The summed E-state index contributed by atoms with van der Waals surface area (Å²) in [4.78, 5) is 0. The number of ether oxygens (including phenoxy) is 2. The fourth-order valence-electron chi connectivity index (χ4n) is 2.90. The van der Waals surface area contributed by atoms with Gasteiger partial charge in [-0.3, -0.25) is 0 Å². The first-order valence-corrected chi connectivity index (χ1v) is 5.51. The maximum absolute atomic E-state index is 5.80. The molecule has 0 aliphatic carbocycles. The topological polar surface area (TPSA) is 18.5 Å². The molecule has 2 aliphatic rings. The molecule has 0 saturated carbocycles. The highest BCUT2D eigenvalue weighted by atomic mass is 16.7. The summed E-state index contributed by atoms with van der Waals surface area (Å²) < 4.78 is 11.3. The van der Waals surface area contributed by atoms with Crippen LogP contribution in [-0.2, 0) is 9.47 Å². The van der Waals surface area contributed by atoms with Gasteiger partial charge in [-0.05, 0) is 25.2 Å². The second kappa shape index (κ2) is 3.58. The van der Waals surface area contributed by atoms with E-state index in [0.717, 1.165) is 18.4 Å². The van der Waals surface area contributed by atoms with E-state index in [1.54, 1.807) is 0 Å². The van der Waals surface area contributed by atoms with Crippen molar-refractivity contribution in [2.24, 2.45) is 17.8 Å². The van der Waals surface area contributed by atoms with Crippen molar-refractivity contribution in [1.82, 2.24) is 0 Å². The zero-order valence-corrected chi connectivity index (χ0v) is 8.82. The molecule has 5 atom stereocenters. The summed E-state index contributed by atoms with van der Waals surface area (Å²) in [5.41, 5.74) is 0. The van der Waals surface area contributed by atoms with E-state index in [1.165, 1.54) is 12.8 Å². The molecule has 13 heavy (non-hydrogen) atoms. The number of hydrogen-bond acceptors (Lipinski definition) is 2. The molecule has 0 aromatic carbocycles. The second-order valence-electron chi connectivity index (χ2n) is 4.50. The molecule has 0 aromatic heterocycles. The lowest BCUT2D eigenvalue weighted by molar-refractivity contribution is -0.113. The molecule has 0 amide bonds. The van der Waals surface area contributed by atoms with E-state index in [9.17, 15) is 0 Å². The van der Waals surface area contributed by atoms with E-state index >= 15 is 0 Å². The monoisotopic (exact) mass is 184 g/mol. The predicted octanol–water partition coefficient (Wildman–Crippen LogP) is 2.43. The van der Waals surface area contributed by atoms with Gasteiger partial charge in [-0.1, -0.05) is 20.3 Å². The summed E-state index contributed by atoms with van der Waals surface area (Å²) in [7, 11) is 0. The van der Waals surface area contributed by atoms with Crippen LogP contribution in [0.25, 0.3) is 0 Å². The van der Waals surface area contributed by atoms with Crippen LogP contribution < -0.4 is 0 Å². The average molecular weight is 184 g/mol. The molecule has 2 saturated heterocycles. The predicted molar refractivity (Wildman–Crippen MR) is 51.3 cm³/mol. The highest BCUT2D eigenvalue weighted by Crippen LogP contribution is 2.43. The third kappa shape index (κ3) is 1.50. The Kier molecular flexibility index (Phi) is 2.61. The van der Waals surface area contributed by atoms with Gasteiger partial charge in [-0.2, -0.15) is 0 Å². The summed E-state index contributed by atoms with van der Waals surface area (Å²) in [6.07, 6.45) is 2.96. The molecule has 2 heteroatoms. The van der Waals surface area contributed by atoms with Gasteiger partial charge in [0.15, 0.2) is 6.29 Å². The lowest BCUT2D eigenvalue weighted by Gasteiger charge is -2.24. The molecule has 5 unspecified atom stereocenters. The Bertz CT molecular complexity index is 177. The minimum Gasteiger partial charge on any atom is -0.352 e. The van der Waals surface area contributed by atoms with E-state index < -0.39 is 0 Å². The maximum Gasteiger partial charge on any atom is 0.161 e. The van der Waals surface area contributed by atoms with Gasteiger partial charge in [0.05, 0.1) is 12.7 Å². The highest BCUT2D eigenvalue weighted by Gasteiger charge is 2.47. The Morgan fingerprint density at radius 2 is 2.23 bits per heavy atom. The van der Waals surface area contributed by atoms with E-state index in [-0.39, 0.29) is 6.29 Å². The fraction of sp³-hybridized carbons (Fsp3) is 1.00. The highest BCUT2D eigenvalue weighted by molar-refractivity contribution is 4.89. The summed E-state index contributed by atoms with van der Waals surface area (Å²) in [5, 5.41) is 0. The van der Waals surface area contributed by atoms with Gasteiger partial charge < -0.3 is 9.47 Å². The quantitative estimate of drug-likeness (QED) is 0.656. The molecule has 76 valence electrons. The maximum atomic E-state index is 5.80. The van der Waals surface area contributed by atoms with Gasteiger partial charge in [0.25, 0.3) is 0 Å². The number of fused-ring (bicyclic) bond motifs is 1. The second-order valence-corrected chi connectivity index (χ2v) is 4.50. The fourth-order valence-corrected chi connectivity index (χ4v) is 2.90. The minimum absolute atomic E-state index is 0.119. The summed E-state index contributed by atoms with van der Waals surface area (Å²) in [6.45, 7) is 7.69. The molecular formula is C11H20O2. The molecule has 0 N–H and O–H groups in total. The molecule has 2 aliphatic heterocycles. The van der Waals surface area contributed by atoms with Crippen LogP contribution in [0.3, 0.4) is 0 Å². The van der Waals surface area contributed by atoms with Crippen molar-refractivity contribution < 1.29 is 9.47 Å². The van der Waals surface area contributed by atoms with Crippen LogP contribution in [0.2, 0.25) is 0 Å². The zero-order valence-electron chi connectivity index (χ0n) is 8.82. The van der Waals surface area contributed by atoms with Crippen molar-refractivity contribution in [3.8, 4) is 0 Å². The van der Waals surface area contributed by atoms with E-state index in [2.05, 4.69) is 20.8 Å². The number of rotatable bonds is 2. The van der Waals surface area contributed by atoms with Crippen LogP contribution in [-0.4, -0.2) is 19.0 Å². The van der Waals surface area contributed by atoms with Gasteiger partial charge in [0.2, 0.25) is 0 Å². The Hall–Kier alpha value is -0.0800. The first kappa shape index (κ1) is 9.47. The third-order valence-electron chi connectivity index (χ3n) is 3.77. The Balaban J connectivity index is 2.07. The van der Waals surface area contributed by atoms with Crippen LogP contribution in [0.4, 0.5) is 0 Å². The van der Waals surface area contributed by atoms with Crippen molar-refractivity contribution in [1.29, 1.82) is 0 Å². The Morgan fingerprint density at radius 1 is 1.46 bits per heavy atom. The SMILES string of the molecule is CCC(C)C1C(C)OC2OCCC21. The van der Waals surface area contributed by atoms with E-state index in [0.29, 0.717) is 12.0 Å². The molecule has 0 radical (unpaired) electrons. The van der Waals surface area contributed by atoms with Gasteiger partial charge >= 0.3 is 0 Å². The Morgan fingerprint density at radius 3 is 2.92 bits per heavy atom. The molecule has 2 nitrogen and oxygen atoms in total. The van der Waals surface area contributed by atoms with Crippen LogP contribution in [0, 0.1) is 17.8 Å². The number of hydrogen-bond donors (Lipinski definition) is 0. The molecule has 0 bridgehead atoms. The molecular weight excluding hydrogens is 164 g/mol. The summed E-state index contributed by atoms with van der Waals surface area (Å²) in [5.74, 6) is 2.16.